The Morgan fingerprint density at radius 3 is 2.47 bits per heavy atom. The van der Waals surface area contributed by atoms with Crippen LogP contribution in [0.15, 0.2) is 35.8 Å². The molecule has 0 bridgehead atoms. The summed E-state index contributed by atoms with van der Waals surface area (Å²) in [6.45, 7) is 6.67. The van der Waals surface area contributed by atoms with Crippen molar-refractivity contribution in [2.75, 3.05) is 5.73 Å². The first-order valence-electron chi connectivity index (χ1n) is 6.28. The van der Waals surface area contributed by atoms with Crippen LogP contribution < -0.4 is 5.73 Å². The van der Waals surface area contributed by atoms with E-state index in [9.17, 15) is 0 Å². The Labute approximate surface area is 116 Å². The number of nitrogen functional groups attached to an aromatic ring is 1. The van der Waals surface area contributed by atoms with Gasteiger partial charge < -0.3 is 5.73 Å². The van der Waals surface area contributed by atoms with Gasteiger partial charge in [-0.05, 0) is 16.5 Å². The molecule has 0 aliphatic heterocycles. The lowest BCUT2D eigenvalue weighted by molar-refractivity contribution is 0.590. The van der Waals surface area contributed by atoms with Crippen LogP contribution in [0.5, 0.6) is 0 Å². The number of benzene rings is 1. The van der Waals surface area contributed by atoms with E-state index < -0.39 is 0 Å². The summed E-state index contributed by atoms with van der Waals surface area (Å²) < 4.78 is 2.05. The molecule has 3 aromatic rings. The third-order valence-electron chi connectivity index (χ3n) is 3.27. The zero-order valence-corrected chi connectivity index (χ0v) is 12.2. The van der Waals surface area contributed by atoms with Gasteiger partial charge in [-0.3, -0.25) is 4.40 Å². The lowest BCUT2D eigenvalue weighted by Gasteiger charge is -2.19. The summed E-state index contributed by atoms with van der Waals surface area (Å²) in [5, 5.41) is 2.12. The lowest BCUT2D eigenvalue weighted by Crippen LogP contribution is -2.10. The molecule has 0 aliphatic carbocycles. The zero-order chi connectivity index (χ0) is 13.6. The second kappa shape index (κ2) is 4.10. The fourth-order valence-corrected chi connectivity index (χ4v) is 3.04. The Morgan fingerprint density at radius 1 is 1.16 bits per heavy atom. The fraction of sp³-hybridized carbons (Fsp3) is 0.267. The fourth-order valence-electron chi connectivity index (χ4n) is 2.15. The minimum atomic E-state index is 0.182. The van der Waals surface area contributed by atoms with Gasteiger partial charge in [0.1, 0.15) is 5.82 Å². The number of hydrogen-bond acceptors (Lipinski definition) is 3. The maximum Gasteiger partial charge on any atom is 0.196 e. The number of aromatic nitrogens is 2. The number of nitrogens with two attached hydrogens (primary N) is 1. The van der Waals surface area contributed by atoms with Crippen molar-refractivity contribution in [2.45, 2.75) is 26.2 Å². The van der Waals surface area contributed by atoms with Crippen molar-refractivity contribution in [2.24, 2.45) is 0 Å². The average molecular weight is 271 g/mol. The Morgan fingerprint density at radius 2 is 1.84 bits per heavy atom. The van der Waals surface area contributed by atoms with E-state index in [0.717, 1.165) is 10.7 Å². The van der Waals surface area contributed by atoms with Gasteiger partial charge in [-0.2, -0.15) is 0 Å². The van der Waals surface area contributed by atoms with E-state index in [1.807, 2.05) is 10.6 Å². The first-order chi connectivity index (χ1) is 8.95. The highest BCUT2D eigenvalue weighted by Crippen LogP contribution is 2.29. The molecule has 2 heterocycles. The van der Waals surface area contributed by atoms with E-state index in [-0.39, 0.29) is 5.41 Å². The van der Waals surface area contributed by atoms with Gasteiger partial charge in [-0.25, -0.2) is 4.98 Å². The van der Waals surface area contributed by atoms with E-state index in [1.165, 1.54) is 11.1 Å². The van der Waals surface area contributed by atoms with Crippen molar-refractivity contribution in [3.8, 4) is 11.3 Å². The molecule has 0 atom stereocenters. The Bertz CT molecular complexity index is 714. The molecule has 0 spiro atoms. The van der Waals surface area contributed by atoms with E-state index in [2.05, 4.69) is 55.4 Å². The van der Waals surface area contributed by atoms with Crippen LogP contribution in [0.4, 0.5) is 5.82 Å². The molecule has 0 aliphatic rings. The largest absolute Gasteiger partial charge is 0.382 e. The van der Waals surface area contributed by atoms with Gasteiger partial charge in [0.05, 0.1) is 11.9 Å². The molecule has 0 fully saturated rings. The van der Waals surface area contributed by atoms with Gasteiger partial charge in [0, 0.05) is 5.38 Å². The molecule has 0 unspecified atom stereocenters. The van der Waals surface area contributed by atoms with Gasteiger partial charge in [0.15, 0.2) is 4.96 Å². The third kappa shape index (κ3) is 2.12. The summed E-state index contributed by atoms with van der Waals surface area (Å²) in [5.41, 5.74) is 9.60. The Kier molecular flexibility index (Phi) is 2.64. The summed E-state index contributed by atoms with van der Waals surface area (Å²) in [7, 11) is 0. The van der Waals surface area contributed by atoms with E-state index in [1.54, 1.807) is 11.3 Å². The molecule has 4 heteroatoms. The normalized spacial score (nSPS) is 12.2. The van der Waals surface area contributed by atoms with Crippen LogP contribution in [-0.4, -0.2) is 9.38 Å². The minimum absolute atomic E-state index is 0.182. The van der Waals surface area contributed by atoms with Gasteiger partial charge in [0.25, 0.3) is 0 Å². The summed E-state index contributed by atoms with van der Waals surface area (Å²) >= 11 is 1.61. The van der Waals surface area contributed by atoms with Crippen molar-refractivity contribution in [1.82, 2.24) is 9.38 Å². The lowest BCUT2D eigenvalue weighted by atomic mass is 9.86. The van der Waals surface area contributed by atoms with Crippen molar-refractivity contribution >= 4 is 22.1 Å². The summed E-state index contributed by atoms with van der Waals surface area (Å²) in [6, 6.07) is 8.72. The maximum absolute atomic E-state index is 5.74. The number of hydrogen-bond donors (Lipinski definition) is 1. The predicted molar refractivity (Wildman–Crippen MR) is 81.6 cm³/mol. The first-order valence-corrected chi connectivity index (χ1v) is 7.16. The number of fused-ring (bicyclic) bond motifs is 1. The standard InChI is InChI=1S/C15H17N3S/c1-15(2,3)11-6-4-10(5-7-11)12-9-19-14-17-13(16)8-18(12)14/h4-9H,16H2,1-3H3. The topological polar surface area (TPSA) is 43.3 Å². The van der Waals surface area contributed by atoms with Crippen molar-refractivity contribution in [3.05, 3.63) is 41.4 Å². The van der Waals surface area contributed by atoms with Crippen LogP contribution in [-0.2, 0) is 5.41 Å². The van der Waals surface area contributed by atoms with E-state index in [4.69, 9.17) is 5.73 Å². The smallest absolute Gasteiger partial charge is 0.196 e. The number of thiazole rings is 1. The quantitative estimate of drug-likeness (QED) is 0.728. The molecule has 0 radical (unpaired) electrons. The summed E-state index contributed by atoms with van der Waals surface area (Å²) in [4.78, 5) is 5.21. The molecule has 3 nitrogen and oxygen atoms in total. The van der Waals surface area contributed by atoms with E-state index in [0.29, 0.717) is 5.82 Å². The maximum atomic E-state index is 5.74. The van der Waals surface area contributed by atoms with Gasteiger partial charge in [-0.1, -0.05) is 45.0 Å². The van der Waals surface area contributed by atoms with Crippen molar-refractivity contribution in [1.29, 1.82) is 0 Å². The Balaban J connectivity index is 2.07. The first kappa shape index (κ1) is 12.2. The van der Waals surface area contributed by atoms with Crippen LogP contribution >= 0.6 is 11.3 Å². The highest BCUT2D eigenvalue weighted by atomic mass is 32.1. The second-order valence-electron chi connectivity index (χ2n) is 5.77. The monoisotopic (exact) mass is 271 g/mol. The molecule has 98 valence electrons. The summed E-state index contributed by atoms with van der Waals surface area (Å²) in [6.07, 6.45) is 1.87. The van der Waals surface area contributed by atoms with Crippen LogP contribution in [0.1, 0.15) is 26.3 Å². The molecule has 2 aromatic heterocycles. The van der Waals surface area contributed by atoms with Crippen LogP contribution in [0, 0.1) is 0 Å². The van der Waals surface area contributed by atoms with Crippen molar-refractivity contribution in [3.63, 3.8) is 0 Å². The highest BCUT2D eigenvalue weighted by molar-refractivity contribution is 7.15. The SMILES string of the molecule is CC(C)(C)c1ccc(-c2csc3nc(N)cn23)cc1. The Hall–Kier alpha value is -1.81. The van der Waals surface area contributed by atoms with Gasteiger partial charge in [0.2, 0.25) is 0 Å². The number of rotatable bonds is 1. The molecular weight excluding hydrogens is 254 g/mol. The molecular formula is C15H17N3S. The predicted octanol–water partition coefficient (Wildman–Crippen LogP) is 3.94. The molecule has 0 amide bonds. The van der Waals surface area contributed by atoms with Crippen LogP contribution in [0.25, 0.3) is 16.2 Å². The highest BCUT2D eigenvalue weighted by Gasteiger charge is 2.14. The third-order valence-corrected chi connectivity index (χ3v) is 4.11. The van der Waals surface area contributed by atoms with Crippen LogP contribution in [0.3, 0.4) is 0 Å². The molecule has 0 saturated heterocycles. The van der Waals surface area contributed by atoms with Crippen molar-refractivity contribution < 1.29 is 0 Å². The number of nitrogens with zero attached hydrogens (tertiary/aromatic N) is 2. The molecule has 1 aromatic carbocycles. The molecule has 19 heavy (non-hydrogen) atoms. The van der Waals surface area contributed by atoms with E-state index >= 15 is 0 Å². The summed E-state index contributed by atoms with van der Waals surface area (Å²) in [5.74, 6) is 0.569. The van der Waals surface area contributed by atoms with Crippen LogP contribution in [0.2, 0.25) is 0 Å². The molecule has 2 N–H and O–H groups in total. The minimum Gasteiger partial charge on any atom is -0.382 e. The average Bonchev–Trinajstić information content (AvgIpc) is 2.86. The number of imidazole rings is 1. The van der Waals surface area contributed by atoms with Gasteiger partial charge in [-0.15, -0.1) is 11.3 Å². The molecule has 0 saturated carbocycles. The molecule has 3 rings (SSSR count). The number of anilines is 1. The zero-order valence-electron chi connectivity index (χ0n) is 11.3. The second-order valence-corrected chi connectivity index (χ2v) is 6.60. The van der Waals surface area contributed by atoms with Gasteiger partial charge >= 0.3 is 0 Å².